The molecule has 3 aromatic heterocycles. The molecule has 0 aliphatic heterocycles. The third-order valence-corrected chi connectivity index (χ3v) is 3.53. The Labute approximate surface area is 127 Å². The molecule has 4 rings (SSSR count). The van der Waals surface area contributed by atoms with Crippen molar-refractivity contribution in [2.24, 2.45) is 0 Å². The minimum Gasteiger partial charge on any atom is -0.265 e. The lowest BCUT2D eigenvalue weighted by Gasteiger charge is -2.05. The smallest absolute Gasteiger partial charge is 0.0894 e. The van der Waals surface area contributed by atoms with Gasteiger partial charge >= 0.3 is 0 Å². The first kappa shape index (κ1) is 12.6. The van der Waals surface area contributed by atoms with Gasteiger partial charge in [-0.1, -0.05) is 6.07 Å². The Balaban J connectivity index is 1.80. The molecular weight excluding hydrogens is 272 g/mol. The van der Waals surface area contributed by atoms with E-state index in [9.17, 15) is 0 Å². The molecule has 0 bridgehead atoms. The van der Waals surface area contributed by atoms with Crippen LogP contribution >= 0.6 is 0 Å². The number of hydrogen-bond donors (Lipinski definition) is 0. The van der Waals surface area contributed by atoms with Gasteiger partial charge in [0, 0.05) is 30.4 Å². The summed E-state index contributed by atoms with van der Waals surface area (Å²) in [6.45, 7) is 0. The summed E-state index contributed by atoms with van der Waals surface area (Å²) in [6.07, 6.45) is 8.89. The molecule has 0 N–H and O–H groups in total. The van der Waals surface area contributed by atoms with E-state index in [-0.39, 0.29) is 0 Å². The molecular formula is C18H12N4. The molecule has 0 fully saturated rings. The summed E-state index contributed by atoms with van der Waals surface area (Å²) < 4.78 is 0. The van der Waals surface area contributed by atoms with Crippen molar-refractivity contribution in [3.8, 4) is 22.4 Å². The number of pyridine rings is 2. The Bertz CT molecular complexity index is 842. The molecule has 0 saturated carbocycles. The van der Waals surface area contributed by atoms with Crippen LogP contribution in [0, 0.1) is 0 Å². The summed E-state index contributed by atoms with van der Waals surface area (Å²) in [6, 6.07) is 13.9. The van der Waals surface area contributed by atoms with E-state index in [1.54, 1.807) is 31.0 Å². The number of hydrogen-bond acceptors (Lipinski definition) is 4. The molecule has 0 atom stereocenters. The Morgan fingerprint density at radius 2 is 1.27 bits per heavy atom. The van der Waals surface area contributed by atoms with Gasteiger partial charge in [-0.15, -0.1) is 0 Å². The molecule has 4 aromatic rings. The van der Waals surface area contributed by atoms with E-state index in [0.29, 0.717) is 0 Å². The van der Waals surface area contributed by atoms with E-state index < -0.39 is 0 Å². The second-order valence-corrected chi connectivity index (χ2v) is 4.93. The topological polar surface area (TPSA) is 51.6 Å². The van der Waals surface area contributed by atoms with Gasteiger partial charge in [0.25, 0.3) is 0 Å². The normalized spacial score (nSPS) is 10.7. The zero-order valence-electron chi connectivity index (χ0n) is 11.7. The summed E-state index contributed by atoms with van der Waals surface area (Å²) in [5.74, 6) is 0. The number of rotatable bonds is 2. The fourth-order valence-electron chi connectivity index (χ4n) is 2.40. The summed E-state index contributed by atoms with van der Waals surface area (Å²) in [4.78, 5) is 17.3. The quantitative estimate of drug-likeness (QED) is 0.562. The van der Waals surface area contributed by atoms with Gasteiger partial charge in [0.2, 0.25) is 0 Å². The Hall–Kier alpha value is -3.14. The lowest BCUT2D eigenvalue weighted by Crippen LogP contribution is -1.89. The van der Waals surface area contributed by atoms with Gasteiger partial charge in [0.15, 0.2) is 0 Å². The van der Waals surface area contributed by atoms with Crippen molar-refractivity contribution < 1.29 is 0 Å². The van der Waals surface area contributed by atoms with Crippen LogP contribution in [-0.2, 0) is 0 Å². The first-order valence-corrected chi connectivity index (χ1v) is 6.98. The van der Waals surface area contributed by atoms with Gasteiger partial charge in [-0.2, -0.15) is 0 Å². The molecule has 104 valence electrons. The van der Waals surface area contributed by atoms with E-state index in [4.69, 9.17) is 0 Å². The minimum atomic E-state index is 0.853. The van der Waals surface area contributed by atoms with Crippen LogP contribution in [0.2, 0.25) is 0 Å². The second-order valence-electron chi connectivity index (χ2n) is 4.93. The largest absolute Gasteiger partial charge is 0.265 e. The third kappa shape index (κ3) is 2.31. The number of fused-ring (bicyclic) bond motifs is 1. The fraction of sp³-hybridized carbons (Fsp3) is 0. The highest BCUT2D eigenvalue weighted by atomic mass is 14.8. The number of nitrogens with zero attached hydrogens (tertiary/aromatic N) is 4. The predicted molar refractivity (Wildman–Crippen MR) is 86.0 cm³/mol. The molecule has 0 spiro atoms. The van der Waals surface area contributed by atoms with Crippen molar-refractivity contribution in [3.63, 3.8) is 0 Å². The van der Waals surface area contributed by atoms with E-state index in [0.717, 1.165) is 33.4 Å². The third-order valence-electron chi connectivity index (χ3n) is 3.53. The molecule has 0 aliphatic carbocycles. The van der Waals surface area contributed by atoms with E-state index in [1.165, 1.54) is 0 Å². The molecule has 0 amide bonds. The first-order valence-electron chi connectivity index (χ1n) is 6.98. The summed E-state index contributed by atoms with van der Waals surface area (Å²) in [5, 5.41) is 0. The van der Waals surface area contributed by atoms with E-state index in [1.807, 2.05) is 36.4 Å². The maximum Gasteiger partial charge on any atom is 0.0894 e. The number of aromatic nitrogens is 4. The SMILES string of the molecule is c1cc(-c2ccc3nc(-c4ccncc4)cnc3c2)ccn1. The van der Waals surface area contributed by atoms with Crippen molar-refractivity contribution in [2.75, 3.05) is 0 Å². The summed E-state index contributed by atoms with van der Waals surface area (Å²) in [5.41, 5.74) is 5.87. The van der Waals surface area contributed by atoms with Crippen molar-refractivity contribution in [1.82, 2.24) is 19.9 Å². The summed E-state index contributed by atoms with van der Waals surface area (Å²) >= 11 is 0. The highest BCUT2D eigenvalue weighted by molar-refractivity contribution is 5.82. The Morgan fingerprint density at radius 1 is 0.591 bits per heavy atom. The van der Waals surface area contributed by atoms with Crippen LogP contribution in [0.25, 0.3) is 33.4 Å². The van der Waals surface area contributed by atoms with Crippen LogP contribution in [0.15, 0.2) is 73.4 Å². The zero-order chi connectivity index (χ0) is 14.8. The van der Waals surface area contributed by atoms with Crippen molar-refractivity contribution in [1.29, 1.82) is 0 Å². The fourth-order valence-corrected chi connectivity index (χ4v) is 2.40. The van der Waals surface area contributed by atoms with Crippen LogP contribution in [0.4, 0.5) is 0 Å². The van der Waals surface area contributed by atoms with Gasteiger partial charge in [0.05, 0.1) is 22.9 Å². The zero-order valence-corrected chi connectivity index (χ0v) is 11.7. The maximum absolute atomic E-state index is 4.68. The second kappa shape index (κ2) is 5.33. The van der Waals surface area contributed by atoms with Crippen LogP contribution in [0.3, 0.4) is 0 Å². The lowest BCUT2D eigenvalue weighted by molar-refractivity contribution is 1.27. The average Bonchev–Trinajstić information content (AvgIpc) is 2.62. The first-order chi connectivity index (χ1) is 10.9. The van der Waals surface area contributed by atoms with Crippen molar-refractivity contribution in [2.45, 2.75) is 0 Å². The van der Waals surface area contributed by atoms with E-state index >= 15 is 0 Å². The summed E-state index contributed by atoms with van der Waals surface area (Å²) in [7, 11) is 0. The average molecular weight is 284 g/mol. The lowest BCUT2D eigenvalue weighted by atomic mass is 10.1. The van der Waals surface area contributed by atoms with Gasteiger partial charge < -0.3 is 0 Å². The molecule has 4 heteroatoms. The molecule has 22 heavy (non-hydrogen) atoms. The van der Waals surface area contributed by atoms with Crippen molar-refractivity contribution >= 4 is 11.0 Å². The van der Waals surface area contributed by atoms with Crippen molar-refractivity contribution in [3.05, 3.63) is 73.4 Å². The maximum atomic E-state index is 4.68. The molecule has 0 unspecified atom stereocenters. The molecule has 3 heterocycles. The highest BCUT2D eigenvalue weighted by Gasteiger charge is 2.04. The predicted octanol–water partition coefficient (Wildman–Crippen LogP) is 3.75. The molecule has 0 aliphatic rings. The van der Waals surface area contributed by atoms with Crippen LogP contribution < -0.4 is 0 Å². The number of benzene rings is 1. The molecule has 1 aromatic carbocycles. The molecule has 0 saturated heterocycles. The van der Waals surface area contributed by atoms with Crippen LogP contribution in [0.1, 0.15) is 0 Å². The molecule has 4 nitrogen and oxygen atoms in total. The monoisotopic (exact) mass is 284 g/mol. The van der Waals surface area contributed by atoms with Crippen LogP contribution in [-0.4, -0.2) is 19.9 Å². The molecule has 0 radical (unpaired) electrons. The van der Waals surface area contributed by atoms with Gasteiger partial charge in [-0.25, -0.2) is 4.98 Å². The van der Waals surface area contributed by atoms with Gasteiger partial charge in [-0.05, 0) is 47.5 Å². The highest BCUT2D eigenvalue weighted by Crippen LogP contribution is 2.24. The Kier molecular flexibility index (Phi) is 3.05. The van der Waals surface area contributed by atoms with E-state index in [2.05, 4.69) is 26.0 Å². The van der Waals surface area contributed by atoms with Gasteiger partial charge in [0.1, 0.15) is 0 Å². The van der Waals surface area contributed by atoms with Gasteiger partial charge in [-0.3, -0.25) is 15.0 Å². The standard InChI is InChI=1S/C18H12N4/c1-2-16-17(11-15(1)13-3-7-19-8-4-13)21-12-18(22-16)14-5-9-20-10-6-14/h1-12H. The Morgan fingerprint density at radius 3 is 2.00 bits per heavy atom. The minimum absolute atomic E-state index is 0.853. The van der Waals surface area contributed by atoms with Crippen LogP contribution in [0.5, 0.6) is 0 Å².